The molecule has 2 N–H and O–H groups in total. The zero-order valence-electron chi connectivity index (χ0n) is 16.0. The molecule has 2 aromatic carbocycles. The van der Waals surface area contributed by atoms with Crippen molar-refractivity contribution < 1.29 is 4.74 Å². The molecule has 1 saturated heterocycles. The summed E-state index contributed by atoms with van der Waals surface area (Å²) in [6.07, 6.45) is 1.07. The van der Waals surface area contributed by atoms with Gasteiger partial charge in [-0.1, -0.05) is 60.2 Å². The normalized spacial score (nSPS) is 15.9. The SMILES string of the molecule is Cc1ccc([C@@H](NC(=S)NCCCN2CCOCC2)c2ccccc2)cc1. The summed E-state index contributed by atoms with van der Waals surface area (Å²) in [5.74, 6) is 0. The van der Waals surface area contributed by atoms with Crippen molar-refractivity contribution in [1.29, 1.82) is 0 Å². The second kappa shape index (κ2) is 10.4. The Labute approximate surface area is 167 Å². The molecule has 0 aliphatic carbocycles. The smallest absolute Gasteiger partial charge is 0.167 e. The predicted octanol–water partition coefficient (Wildman–Crippen LogP) is 3.27. The van der Waals surface area contributed by atoms with Crippen molar-refractivity contribution in [2.75, 3.05) is 39.4 Å². The highest BCUT2D eigenvalue weighted by Crippen LogP contribution is 2.22. The Morgan fingerprint density at radius 2 is 1.70 bits per heavy atom. The molecule has 3 rings (SSSR count). The van der Waals surface area contributed by atoms with Crippen molar-refractivity contribution in [2.45, 2.75) is 19.4 Å². The van der Waals surface area contributed by atoms with Crippen molar-refractivity contribution in [2.24, 2.45) is 0 Å². The largest absolute Gasteiger partial charge is 0.379 e. The van der Waals surface area contributed by atoms with E-state index in [1.54, 1.807) is 0 Å². The average molecular weight is 384 g/mol. The summed E-state index contributed by atoms with van der Waals surface area (Å²) in [5, 5.41) is 7.56. The van der Waals surface area contributed by atoms with E-state index in [-0.39, 0.29) is 6.04 Å². The van der Waals surface area contributed by atoms with Crippen LogP contribution in [0.15, 0.2) is 54.6 Å². The van der Waals surface area contributed by atoms with E-state index in [0.29, 0.717) is 5.11 Å². The van der Waals surface area contributed by atoms with Crippen LogP contribution in [0.25, 0.3) is 0 Å². The Morgan fingerprint density at radius 3 is 2.41 bits per heavy atom. The van der Waals surface area contributed by atoms with Crippen molar-refractivity contribution in [1.82, 2.24) is 15.5 Å². The van der Waals surface area contributed by atoms with Crippen molar-refractivity contribution >= 4 is 17.3 Å². The van der Waals surface area contributed by atoms with Crippen LogP contribution >= 0.6 is 12.2 Å². The molecule has 0 spiro atoms. The first-order valence-electron chi connectivity index (χ1n) is 9.68. The minimum Gasteiger partial charge on any atom is -0.379 e. The fraction of sp³-hybridized carbons (Fsp3) is 0.409. The second-order valence-corrected chi connectivity index (χ2v) is 7.37. The molecule has 0 amide bonds. The molecule has 2 aromatic rings. The molecular formula is C22H29N3OS. The van der Waals surface area contributed by atoms with E-state index in [2.05, 4.69) is 71.0 Å². The quantitative estimate of drug-likeness (QED) is 0.567. The van der Waals surface area contributed by atoms with E-state index in [4.69, 9.17) is 17.0 Å². The fourth-order valence-corrected chi connectivity index (χ4v) is 3.49. The van der Waals surface area contributed by atoms with Gasteiger partial charge in [0.2, 0.25) is 0 Å². The zero-order valence-corrected chi connectivity index (χ0v) is 16.8. The second-order valence-electron chi connectivity index (χ2n) is 6.96. The molecule has 27 heavy (non-hydrogen) atoms. The molecule has 0 unspecified atom stereocenters. The number of thiocarbonyl (C=S) groups is 1. The van der Waals surface area contributed by atoms with Gasteiger partial charge in [0.05, 0.1) is 19.3 Å². The van der Waals surface area contributed by atoms with Gasteiger partial charge in [-0.3, -0.25) is 4.90 Å². The molecule has 1 aliphatic rings. The van der Waals surface area contributed by atoms with Gasteiger partial charge in [-0.05, 0) is 43.2 Å². The highest BCUT2D eigenvalue weighted by Gasteiger charge is 2.15. The number of benzene rings is 2. The third-order valence-electron chi connectivity index (χ3n) is 4.86. The van der Waals surface area contributed by atoms with Crippen molar-refractivity contribution in [3.63, 3.8) is 0 Å². The lowest BCUT2D eigenvalue weighted by Gasteiger charge is -2.26. The molecule has 0 bridgehead atoms. The highest BCUT2D eigenvalue weighted by molar-refractivity contribution is 7.80. The number of hydrogen-bond donors (Lipinski definition) is 2. The van der Waals surface area contributed by atoms with Crippen LogP contribution in [0.5, 0.6) is 0 Å². The van der Waals surface area contributed by atoms with E-state index < -0.39 is 0 Å². The first-order valence-corrected chi connectivity index (χ1v) is 10.1. The van der Waals surface area contributed by atoms with Gasteiger partial charge >= 0.3 is 0 Å². The van der Waals surface area contributed by atoms with E-state index >= 15 is 0 Å². The lowest BCUT2D eigenvalue weighted by molar-refractivity contribution is 0.0376. The molecule has 4 nitrogen and oxygen atoms in total. The third kappa shape index (κ3) is 6.31. The Bertz CT molecular complexity index is 699. The van der Waals surface area contributed by atoms with Crippen LogP contribution in [0, 0.1) is 6.92 Å². The van der Waals surface area contributed by atoms with Crippen LogP contribution in [0.2, 0.25) is 0 Å². The third-order valence-corrected chi connectivity index (χ3v) is 5.12. The van der Waals surface area contributed by atoms with Crippen LogP contribution in [0.1, 0.15) is 29.2 Å². The lowest BCUT2D eigenvalue weighted by atomic mass is 9.98. The number of morpholine rings is 1. The van der Waals surface area contributed by atoms with Gasteiger partial charge in [-0.2, -0.15) is 0 Å². The molecule has 1 fully saturated rings. The van der Waals surface area contributed by atoms with E-state index in [9.17, 15) is 0 Å². The predicted molar refractivity (Wildman–Crippen MR) is 115 cm³/mol. The summed E-state index contributed by atoms with van der Waals surface area (Å²) >= 11 is 5.57. The van der Waals surface area contributed by atoms with Gasteiger partial charge in [0, 0.05) is 19.6 Å². The summed E-state index contributed by atoms with van der Waals surface area (Å²) < 4.78 is 5.39. The first kappa shape index (κ1) is 19.8. The molecule has 0 aromatic heterocycles. The number of rotatable bonds is 7. The number of nitrogens with zero attached hydrogens (tertiary/aromatic N) is 1. The Kier molecular flexibility index (Phi) is 7.63. The van der Waals surface area contributed by atoms with Gasteiger partial charge < -0.3 is 15.4 Å². The molecule has 1 atom stereocenters. The van der Waals surface area contributed by atoms with Crippen LogP contribution in [0.3, 0.4) is 0 Å². The molecule has 144 valence electrons. The standard InChI is InChI=1S/C22H29N3OS/c1-18-8-10-20(11-9-18)21(19-6-3-2-4-7-19)24-22(27)23-12-5-13-25-14-16-26-17-15-25/h2-4,6-11,21H,5,12-17H2,1H3,(H2,23,24,27)/t21-/m0/s1. The van der Waals surface area contributed by atoms with Crippen molar-refractivity contribution in [3.05, 3.63) is 71.3 Å². The molecular weight excluding hydrogens is 354 g/mol. The van der Waals surface area contributed by atoms with Gasteiger partial charge in [0.1, 0.15) is 0 Å². The summed E-state index contributed by atoms with van der Waals surface area (Å²) in [6, 6.07) is 19.1. The molecule has 1 aliphatic heterocycles. The maximum atomic E-state index is 5.57. The van der Waals surface area contributed by atoms with Crippen LogP contribution in [0.4, 0.5) is 0 Å². The van der Waals surface area contributed by atoms with Gasteiger partial charge in [-0.25, -0.2) is 0 Å². The summed E-state index contributed by atoms with van der Waals surface area (Å²) in [7, 11) is 0. The number of aryl methyl sites for hydroxylation is 1. The van der Waals surface area contributed by atoms with Crippen LogP contribution in [-0.2, 0) is 4.74 Å². The summed E-state index contributed by atoms with van der Waals surface area (Å²) in [6.45, 7) is 7.83. The summed E-state index contributed by atoms with van der Waals surface area (Å²) in [5.41, 5.74) is 3.68. The highest BCUT2D eigenvalue weighted by atomic mass is 32.1. The minimum absolute atomic E-state index is 0.0473. The minimum atomic E-state index is 0.0473. The Morgan fingerprint density at radius 1 is 1.04 bits per heavy atom. The number of ether oxygens (including phenoxy) is 1. The van der Waals surface area contributed by atoms with E-state index in [1.165, 1.54) is 16.7 Å². The molecule has 0 saturated carbocycles. The zero-order chi connectivity index (χ0) is 18.9. The maximum Gasteiger partial charge on any atom is 0.167 e. The first-order chi connectivity index (χ1) is 13.2. The number of hydrogen-bond acceptors (Lipinski definition) is 3. The fourth-order valence-electron chi connectivity index (χ4n) is 3.27. The lowest BCUT2D eigenvalue weighted by Crippen LogP contribution is -2.41. The van der Waals surface area contributed by atoms with Crippen LogP contribution < -0.4 is 10.6 Å². The average Bonchev–Trinajstić information content (AvgIpc) is 2.72. The molecule has 0 radical (unpaired) electrons. The maximum absolute atomic E-state index is 5.57. The van der Waals surface area contributed by atoms with E-state index in [0.717, 1.165) is 45.8 Å². The summed E-state index contributed by atoms with van der Waals surface area (Å²) in [4.78, 5) is 2.45. The molecule has 1 heterocycles. The van der Waals surface area contributed by atoms with Crippen LogP contribution in [-0.4, -0.2) is 49.4 Å². The Balaban J connectivity index is 1.53. The Hall–Kier alpha value is -1.95. The van der Waals surface area contributed by atoms with Gasteiger partial charge in [-0.15, -0.1) is 0 Å². The van der Waals surface area contributed by atoms with E-state index in [1.807, 2.05) is 6.07 Å². The molecule has 5 heteroatoms. The van der Waals surface area contributed by atoms with Gasteiger partial charge in [0.15, 0.2) is 5.11 Å². The number of nitrogens with one attached hydrogen (secondary N) is 2. The monoisotopic (exact) mass is 383 g/mol. The van der Waals surface area contributed by atoms with Gasteiger partial charge in [0.25, 0.3) is 0 Å². The topological polar surface area (TPSA) is 36.5 Å². The van der Waals surface area contributed by atoms with Crippen molar-refractivity contribution in [3.8, 4) is 0 Å².